The molecule has 0 saturated heterocycles. The molecule has 0 aromatic heterocycles. The Labute approximate surface area is 162 Å². The summed E-state index contributed by atoms with van der Waals surface area (Å²) in [5.41, 5.74) is 2.67. The lowest BCUT2D eigenvalue weighted by atomic mass is 9.95. The standard InChI is InChI=1S/C19H18ClN3O2S/c1-11-16(18(24)22-12-7-9-13(25-2)10-8-12)17(23-19(26)21-11)14-5-3-4-6-15(14)20/h3-10,17H,1-2H3,(H,22,24)(H2,21,23,26). The zero-order valence-electron chi connectivity index (χ0n) is 14.3. The van der Waals surface area contributed by atoms with Gasteiger partial charge in [-0.3, -0.25) is 4.79 Å². The molecule has 1 atom stereocenters. The molecule has 0 bridgehead atoms. The Hall–Kier alpha value is -2.57. The minimum Gasteiger partial charge on any atom is -0.497 e. The maximum absolute atomic E-state index is 13.0. The van der Waals surface area contributed by atoms with E-state index in [0.717, 1.165) is 11.3 Å². The molecule has 0 saturated carbocycles. The van der Waals surface area contributed by atoms with Gasteiger partial charge in [-0.15, -0.1) is 0 Å². The van der Waals surface area contributed by atoms with E-state index >= 15 is 0 Å². The van der Waals surface area contributed by atoms with Gasteiger partial charge >= 0.3 is 0 Å². The van der Waals surface area contributed by atoms with Gasteiger partial charge in [0.05, 0.1) is 18.7 Å². The molecule has 0 aliphatic carbocycles. The minimum absolute atomic E-state index is 0.236. The van der Waals surface area contributed by atoms with E-state index in [1.54, 1.807) is 37.4 Å². The fourth-order valence-corrected chi connectivity index (χ4v) is 3.33. The van der Waals surface area contributed by atoms with Crippen molar-refractivity contribution in [2.24, 2.45) is 0 Å². The van der Waals surface area contributed by atoms with Gasteiger partial charge in [0.1, 0.15) is 5.75 Å². The average Bonchev–Trinajstić information content (AvgIpc) is 2.62. The summed E-state index contributed by atoms with van der Waals surface area (Å²) >= 11 is 11.6. The van der Waals surface area contributed by atoms with Crippen molar-refractivity contribution in [1.82, 2.24) is 10.6 Å². The van der Waals surface area contributed by atoms with Gasteiger partial charge in [0.25, 0.3) is 5.91 Å². The number of halogens is 1. The van der Waals surface area contributed by atoms with E-state index in [4.69, 9.17) is 28.6 Å². The largest absolute Gasteiger partial charge is 0.497 e. The average molecular weight is 388 g/mol. The molecule has 5 nitrogen and oxygen atoms in total. The molecular weight excluding hydrogens is 370 g/mol. The lowest BCUT2D eigenvalue weighted by molar-refractivity contribution is -0.113. The zero-order valence-corrected chi connectivity index (χ0v) is 15.9. The summed E-state index contributed by atoms with van der Waals surface area (Å²) in [6, 6.07) is 14.1. The van der Waals surface area contributed by atoms with Crippen LogP contribution in [0.15, 0.2) is 59.8 Å². The third-order valence-corrected chi connectivity index (χ3v) is 4.64. The number of methoxy groups -OCH3 is 1. The number of amides is 1. The van der Waals surface area contributed by atoms with E-state index in [1.165, 1.54) is 0 Å². The van der Waals surface area contributed by atoms with E-state index in [2.05, 4.69) is 16.0 Å². The maximum atomic E-state index is 13.0. The van der Waals surface area contributed by atoms with E-state index in [9.17, 15) is 4.79 Å². The van der Waals surface area contributed by atoms with Crippen molar-refractivity contribution >= 4 is 40.5 Å². The monoisotopic (exact) mass is 387 g/mol. The predicted octanol–water partition coefficient (Wildman–Crippen LogP) is 3.78. The molecule has 7 heteroatoms. The fraction of sp³-hybridized carbons (Fsp3) is 0.158. The summed E-state index contributed by atoms with van der Waals surface area (Å²) in [6.45, 7) is 1.82. The van der Waals surface area contributed by atoms with E-state index in [1.807, 2.05) is 25.1 Å². The van der Waals surface area contributed by atoms with Crippen LogP contribution in [0.5, 0.6) is 5.75 Å². The highest BCUT2D eigenvalue weighted by molar-refractivity contribution is 7.80. The van der Waals surface area contributed by atoms with Crippen molar-refractivity contribution in [2.45, 2.75) is 13.0 Å². The molecular formula is C19H18ClN3O2S. The number of rotatable bonds is 4. The summed E-state index contributed by atoms with van der Waals surface area (Å²) in [5.74, 6) is 0.485. The SMILES string of the molecule is COc1ccc(NC(=O)C2=C(C)NC(=S)NC2c2ccccc2Cl)cc1. The Morgan fingerprint density at radius 1 is 1.19 bits per heavy atom. The third-order valence-electron chi connectivity index (χ3n) is 4.08. The molecule has 1 heterocycles. The molecule has 0 fully saturated rings. The van der Waals surface area contributed by atoms with Crippen LogP contribution in [0.25, 0.3) is 0 Å². The number of ether oxygens (including phenoxy) is 1. The quantitative estimate of drug-likeness (QED) is 0.697. The van der Waals surface area contributed by atoms with Crippen LogP contribution in [0.4, 0.5) is 5.69 Å². The van der Waals surface area contributed by atoms with E-state index in [0.29, 0.717) is 27.1 Å². The second-order valence-corrected chi connectivity index (χ2v) is 6.59. The molecule has 1 unspecified atom stereocenters. The first-order valence-corrected chi connectivity index (χ1v) is 8.76. The van der Waals surface area contributed by atoms with Gasteiger partial charge in [0, 0.05) is 16.4 Å². The van der Waals surface area contributed by atoms with Gasteiger partial charge in [-0.1, -0.05) is 29.8 Å². The second kappa shape index (κ2) is 7.76. The van der Waals surface area contributed by atoms with E-state index in [-0.39, 0.29) is 5.91 Å². The summed E-state index contributed by atoms with van der Waals surface area (Å²) in [5, 5.41) is 10.1. The molecule has 0 radical (unpaired) electrons. The highest BCUT2D eigenvalue weighted by Crippen LogP contribution is 2.32. The van der Waals surface area contributed by atoms with Crippen LogP contribution >= 0.6 is 23.8 Å². The van der Waals surface area contributed by atoms with Crippen molar-refractivity contribution in [3.8, 4) is 5.75 Å². The Morgan fingerprint density at radius 3 is 2.54 bits per heavy atom. The number of carbonyl (C=O) groups excluding carboxylic acids is 1. The fourth-order valence-electron chi connectivity index (χ4n) is 2.81. The van der Waals surface area contributed by atoms with Gasteiger partial charge < -0.3 is 20.7 Å². The first kappa shape index (κ1) is 18.2. The van der Waals surface area contributed by atoms with Crippen molar-refractivity contribution < 1.29 is 9.53 Å². The lowest BCUT2D eigenvalue weighted by Gasteiger charge is -2.30. The molecule has 3 rings (SSSR count). The maximum Gasteiger partial charge on any atom is 0.255 e. The zero-order chi connectivity index (χ0) is 18.7. The number of hydrogen-bond acceptors (Lipinski definition) is 3. The molecule has 1 amide bonds. The molecule has 1 aliphatic rings. The molecule has 134 valence electrons. The van der Waals surface area contributed by atoms with Crippen LogP contribution in [-0.2, 0) is 4.79 Å². The Balaban J connectivity index is 1.93. The minimum atomic E-state index is -0.435. The molecule has 1 aliphatic heterocycles. The summed E-state index contributed by atoms with van der Waals surface area (Å²) in [6.07, 6.45) is 0. The van der Waals surface area contributed by atoms with Crippen molar-refractivity contribution in [2.75, 3.05) is 12.4 Å². The van der Waals surface area contributed by atoms with Crippen LogP contribution in [-0.4, -0.2) is 18.1 Å². The van der Waals surface area contributed by atoms with Crippen LogP contribution in [0.2, 0.25) is 5.02 Å². The third kappa shape index (κ3) is 3.81. The number of hydrogen-bond donors (Lipinski definition) is 3. The van der Waals surface area contributed by atoms with E-state index < -0.39 is 6.04 Å². The van der Waals surface area contributed by atoms with Crippen molar-refractivity contribution in [3.63, 3.8) is 0 Å². The summed E-state index contributed by atoms with van der Waals surface area (Å²) in [7, 11) is 1.60. The number of thiocarbonyl (C=S) groups is 1. The summed E-state index contributed by atoms with van der Waals surface area (Å²) < 4.78 is 5.14. The topological polar surface area (TPSA) is 62.4 Å². The van der Waals surface area contributed by atoms with Gasteiger partial charge in [-0.2, -0.15) is 0 Å². The Morgan fingerprint density at radius 2 is 1.88 bits per heavy atom. The number of anilines is 1. The predicted molar refractivity (Wildman–Crippen MR) is 107 cm³/mol. The van der Waals surface area contributed by atoms with Crippen LogP contribution < -0.4 is 20.7 Å². The van der Waals surface area contributed by atoms with Crippen LogP contribution in [0, 0.1) is 0 Å². The van der Waals surface area contributed by atoms with Gasteiger partial charge in [-0.25, -0.2) is 0 Å². The van der Waals surface area contributed by atoms with Crippen molar-refractivity contribution in [3.05, 3.63) is 70.4 Å². The Bertz CT molecular complexity index is 881. The smallest absolute Gasteiger partial charge is 0.255 e. The normalized spacial score (nSPS) is 16.6. The molecule has 2 aromatic carbocycles. The molecule has 0 spiro atoms. The van der Waals surface area contributed by atoms with Crippen LogP contribution in [0.3, 0.4) is 0 Å². The second-order valence-electron chi connectivity index (χ2n) is 5.77. The van der Waals surface area contributed by atoms with Gasteiger partial charge in [0.15, 0.2) is 5.11 Å². The first-order chi connectivity index (χ1) is 12.5. The number of benzene rings is 2. The number of carbonyl (C=O) groups is 1. The molecule has 2 aromatic rings. The number of nitrogens with one attached hydrogen (secondary N) is 3. The van der Waals surface area contributed by atoms with Crippen LogP contribution in [0.1, 0.15) is 18.5 Å². The molecule has 3 N–H and O–H groups in total. The molecule has 26 heavy (non-hydrogen) atoms. The Kier molecular flexibility index (Phi) is 5.44. The van der Waals surface area contributed by atoms with Crippen molar-refractivity contribution in [1.29, 1.82) is 0 Å². The van der Waals surface area contributed by atoms with Gasteiger partial charge in [-0.05, 0) is 55.0 Å². The highest BCUT2D eigenvalue weighted by Gasteiger charge is 2.31. The summed E-state index contributed by atoms with van der Waals surface area (Å²) in [4.78, 5) is 13.0. The van der Waals surface area contributed by atoms with Gasteiger partial charge in [0.2, 0.25) is 0 Å². The first-order valence-electron chi connectivity index (χ1n) is 7.97. The lowest BCUT2D eigenvalue weighted by Crippen LogP contribution is -2.45. The number of allylic oxidation sites excluding steroid dienone is 1. The highest BCUT2D eigenvalue weighted by atomic mass is 35.5.